The molecule has 0 fully saturated rings. The van der Waals surface area contributed by atoms with Crippen LogP contribution in [0.4, 0.5) is 5.69 Å². The van der Waals surface area contributed by atoms with Crippen LogP contribution in [0, 0.1) is 0 Å². The van der Waals surface area contributed by atoms with E-state index in [-0.39, 0.29) is 18.4 Å². The van der Waals surface area contributed by atoms with Gasteiger partial charge < -0.3 is 16.0 Å². The van der Waals surface area contributed by atoms with Gasteiger partial charge in [-0.25, -0.2) is 0 Å². The normalized spacial score (nSPS) is 10.8. The number of carbonyl (C=O) groups excluding carboxylic acids is 2. The maximum atomic E-state index is 12.0. The third-order valence-corrected chi connectivity index (χ3v) is 6.27. The van der Waals surface area contributed by atoms with Crippen molar-refractivity contribution in [2.24, 2.45) is 0 Å². The molecule has 0 bridgehead atoms. The van der Waals surface area contributed by atoms with E-state index in [2.05, 4.69) is 29.8 Å². The largest absolute Gasteiger partial charge is 0.376 e. The van der Waals surface area contributed by atoms with Gasteiger partial charge >= 0.3 is 0 Å². The van der Waals surface area contributed by atoms with E-state index < -0.39 is 0 Å². The maximum Gasteiger partial charge on any atom is 0.251 e. The highest BCUT2D eigenvalue weighted by molar-refractivity contribution is 5.94. The van der Waals surface area contributed by atoms with Crippen molar-refractivity contribution in [1.29, 1.82) is 0 Å². The third-order valence-electron chi connectivity index (χ3n) is 6.27. The van der Waals surface area contributed by atoms with Gasteiger partial charge in [-0.3, -0.25) is 9.59 Å². The number of unbranched alkanes of at least 4 members (excludes halogenated alkanes) is 14. The number of amides is 2. The summed E-state index contributed by atoms with van der Waals surface area (Å²) in [7, 11) is 0. The standard InChI is InChI=1S/C29H51N3O2/c1-3-5-7-8-9-10-11-12-13-14-15-16-17-18-24-30-28(33)25-32-27-21-19-26(20-22-27)29(34)31-23-6-4-2/h19-22,32H,3-18,23-25H2,1-2H3,(H,30,33)(H,31,34). The van der Waals surface area contributed by atoms with Crippen LogP contribution in [0.1, 0.15) is 127 Å². The van der Waals surface area contributed by atoms with Crippen molar-refractivity contribution in [3.05, 3.63) is 29.8 Å². The highest BCUT2D eigenvalue weighted by Crippen LogP contribution is 2.13. The lowest BCUT2D eigenvalue weighted by molar-refractivity contribution is -0.119. The van der Waals surface area contributed by atoms with E-state index in [0.29, 0.717) is 12.1 Å². The molecule has 2 amide bonds. The van der Waals surface area contributed by atoms with E-state index in [1.807, 2.05) is 12.1 Å². The predicted octanol–water partition coefficient (Wildman–Crippen LogP) is 7.23. The zero-order valence-corrected chi connectivity index (χ0v) is 22.1. The molecular weight excluding hydrogens is 422 g/mol. The van der Waals surface area contributed by atoms with Crippen LogP contribution in [-0.2, 0) is 4.79 Å². The lowest BCUT2D eigenvalue weighted by Crippen LogP contribution is -2.30. The van der Waals surface area contributed by atoms with Crippen molar-refractivity contribution in [2.75, 3.05) is 25.0 Å². The molecule has 194 valence electrons. The van der Waals surface area contributed by atoms with E-state index >= 15 is 0 Å². The molecule has 0 heterocycles. The first-order valence-corrected chi connectivity index (χ1v) is 14.1. The minimum Gasteiger partial charge on any atom is -0.376 e. The number of hydrogen-bond donors (Lipinski definition) is 3. The molecular formula is C29H51N3O2. The van der Waals surface area contributed by atoms with Crippen molar-refractivity contribution in [3.8, 4) is 0 Å². The van der Waals surface area contributed by atoms with E-state index in [1.54, 1.807) is 12.1 Å². The molecule has 0 aliphatic heterocycles. The van der Waals surface area contributed by atoms with Crippen LogP contribution in [-0.4, -0.2) is 31.4 Å². The fourth-order valence-electron chi connectivity index (χ4n) is 4.01. The first-order chi connectivity index (χ1) is 16.7. The molecule has 0 unspecified atom stereocenters. The lowest BCUT2D eigenvalue weighted by Gasteiger charge is -2.09. The number of rotatable bonds is 22. The Labute approximate surface area is 209 Å². The minimum absolute atomic E-state index is 0.0103. The first-order valence-electron chi connectivity index (χ1n) is 14.1. The zero-order chi connectivity index (χ0) is 24.7. The molecule has 1 aromatic carbocycles. The van der Waals surface area contributed by atoms with Gasteiger partial charge in [0.1, 0.15) is 0 Å². The van der Waals surface area contributed by atoms with Crippen LogP contribution >= 0.6 is 0 Å². The number of hydrogen-bond acceptors (Lipinski definition) is 3. The molecule has 1 rings (SSSR count). The van der Waals surface area contributed by atoms with Crippen LogP contribution in [0.25, 0.3) is 0 Å². The van der Waals surface area contributed by atoms with Crippen molar-refractivity contribution in [1.82, 2.24) is 10.6 Å². The fraction of sp³-hybridized carbons (Fsp3) is 0.724. The summed E-state index contributed by atoms with van der Waals surface area (Å²) in [5.74, 6) is -0.0398. The Morgan fingerprint density at radius 1 is 0.588 bits per heavy atom. The van der Waals surface area contributed by atoms with Gasteiger partial charge in [-0.1, -0.05) is 104 Å². The Kier molecular flexibility index (Phi) is 19.0. The summed E-state index contributed by atoms with van der Waals surface area (Å²) in [6.07, 6.45) is 20.8. The molecule has 0 aromatic heterocycles. The molecule has 1 aromatic rings. The van der Waals surface area contributed by atoms with Gasteiger partial charge in [0.05, 0.1) is 6.54 Å². The maximum absolute atomic E-state index is 12.0. The Morgan fingerprint density at radius 2 is 1.06 bits per heavy atom. The molecule has 0 saturated heterocycles. The van der Waals surface area contributed by atoms with Gasteiger partial charge in [-0.05, 0) is 37.1 Å². The summed E-state index contributed by atoms with van der Waals surface area (Å²) >= 11 is 0. The Bertz CT molecular complexity index is 631. The Hall–Kier alpha value is -2.04. The molecule has 5 heteroatoms. The van der Waals surface area contributed by atoms with Gasteiger partial charge in [0, 0.05) is 24.3 Å². The summed E-state index contributed by atoms with van der Waals surface area (Å²) in [4.78, 5) is 24.1. The summed E-state index contributed by atoms with van der Waals surface area (Å²) in [5.41, 5.74) is 1.49. The summed E-state index contributed by atoms with van der Waals surface area (Å²) < 4.78 is 0. The Balaban J connectivity index is 1.94. The van der Waals surface area contributed by atoms with E-state index in [4.69, 9.17) is 0 Å². The monoisotopic (exact) mass is 473 g/mol. The molecule has 34 heavy (non-hydrogen) atoms. The fourth-order valence-corrected chi connectivity index (χ4v) is 4.01. The molecule has 0 aliphatic rings. The average Bonchev–Trinajstić information content (AvgIpc) is 2.85. The third kappa shape index (κ3) is 16.6. The van der Waals surface area contributed by atoms with Gasteiger partial charge in [-0.2, -0.15) is 0 Å². The minimum atomic E-state index is -0.0501. The predicted molar refractivity (Wildman–Crippen MR) is 145 cm³/mol. The number of carbonyl (C=O) groups is 2. The zero-order valence-electron chi connectivity index (χ0n) is 22.1. The molecule has 0 atom stereocenters. The van der Waals surface area contributed by atoms with Gasteiger partial charge in [0.25, 0.3) is 5.91 Å². The highest BCUT2D eigenvalue weighted by Gasteiger charge is 2.05. The number of anilines is 1. The topological polar surface area (TPSA) is 70.2 Å². The molecule has 0 radical (unpaired) electrons. The number of nitrogens with one attached hydrogen (secondary N) is 3. The van der Waals surface area contributed by atoms with Crippen molar-refractivity contribution in [3.63, 3.8) is 0 Å². The lowest BCUT2D eigenvalue weighted by atomic mass is 10.0. The van der Waals surface area contributed by atoms with E-state index in [0.717, 1.165) is 31.5 Å². The van der Waals surface area contributed by atoms with E-state index in [1.165, 1.54) is 83.5 Å². The summed E-state index contributed by atoms with van der Waals surface area (Å²) in [6, 6.07) is 7.26. The molecule has 3 N–H and O–H groups in total. The second-order valence-electron chi connectivity index (χ2n) is 9.49. The molecule has 0 spiro atoms. The van der Waals surface area contributed by atoms with Crippen LogP contribution < -0.4 is 16.0 Å². The van der Waals surface area contributed by atoms with Crippen LogP contribution in [0.15, 0.2) is 24.3 Å². The molecule has 0 saturated carbocycles. The smallest absolute Gasteiger partial charge is 0.251 e. The average molecular weight is 474 g/mol. The molecule has 5 nitrogen and oxygen atoms in total. The van der Waals surface area contributed by atoms with Crippen LogP contribution in [0.2, 0.25) is 0 Å². The van der Waals surface area contributed by atoms with Gasteiger partial charge in [0.15, 0.2) is 0 Å². The van der Waals surface area contributed by atoms with E-state index in [9.17, 15) is 9.59 Å². The number of benzene rings is 1. The second-order valence-corrected chi connectivity index (χ2v) is 9.49. The first kappa shape index (κ1) is 30.0. The van der Waals surface area contributed by atoms with Crippen molar-refractivity contribution >= 4 is 17.5 Å². The quantitative estimate of drug-likeness (QED) is 0.156. The van der Waals surface area contributed by atoms with Gasteiger partial charge in [-0.15, -0.1) is 0 Å². The van der Waals surface area contributed by atoms with Crippen molar-refractivity contribution in [2.45, 2.75) is 117 Å². The van der Waals surface area contributed by atoms with Gasteiger partial charge in [0.2, 0.25) is 5.91 Å². The SMILES string of the molecule is CCCCCCCCCCCCCCCCNC(=O)CNc1ccc(C(=O)NCCCC)cc1. The molecule has 0 aliphatic carbocycles. The van der Waals surface area contributed by atoms with Crippen LogP contribution in [0.5, 0.6) is 0 Å². The highest BCUT2D eigenvalue weighted by atomic mass is 16.2. The summed E-state index contributed by atoms with van der Waals surface area (Å²) in [5, 5.41) is 9.02. The Morgan fingerprint density at radius 3 is 1.59 bits per heavy atom. The van der Waals surface area contributed by atoms with Crippen molar-refractivity contribution < 1.29 is 9.59 Å². The second kappa shape index (κ2) is 21.5. The summed E-state index contributed by atoms with van der Waals surface area (Å²) in [6.45, 7) is 6.07. The van der Waals surface area contributed by atoms with Crippen LogP contribution in [0.3, 0.4) is 0 Å².